The summed E-state index contributed by atoms with van der Waals surface area (Å²) >= 11 is 0. The predicted molar refractivity (Wildman–Crippen MR) is 117 cm³/mol. The summed E-state index contributed by atoms with van der Waals surface area (Å²) in [5, 5.41) is 9.26. The van der Waals surface area contributed by atoms with Gasteiger partial charge in [-0.3, -0.25) is 4.79 Å². The van der Waals surface area contributed by atoms with Crippen molar-refractivity contribution in [1.82, 2.24) is 20.2 Å². The number of amides is 2. The van der Waals surface area contributed by atoms with Crippen LogP contribution >= 0.6 is 0 Å². The lowest BCUT2D eigenvalue weighted by atomic mass is 9.81. The maximum atomic E-state index is 13.2. The smallest absolute Gasteiger partial charge is 0.410 e. The number of hydrogen-bond donors (Lipinski definition) is 1. The number of ether oxygens (including phenoxy) is 1. The van der Waals surface area contributed by atoms with Crippen molar-refractivity contribution in [2.75, 3.05) is 13.1 Å². The molecule has 34 heavy (non-hydrogen) atoms. The molecule has 1 N–H and O–H groups in total. The molecular formula is C23H29F2N5O4. The first-order valence-electron chi connectivity index (χ1n) is 11.7. The number of halogens is 2. The second-order valence-corrected chi connectivity index (χ2v) is 10.5. The molecule has 2 amide bonds. The SMILES string of the molecule is CC(C)(C)OC(=O)N1CCC(C2=CC(=O)NC3C(c4coc(C5CC(F)(F)C5)n4)C=NN23)CC1. The lowest BCUT2D eigenvalue weighted by Gasteiger charge is -2.39. The van der Waals surface area contributed by atoms with Gasteiger partial charge in [-0.05, 0) is 33.6 Å². The molecule has 5 rings (SSSR count). The second-order valence-electron chi connectivity index (χ2n) is 10.5. The molecule has 4 heterocycles. The second kappa shape index (κ2) is 8.06. The highest BCUT2D eigenvalue weighted by Crippen LogP contribution is 2.48. The summed E-state index contributed by atoms with van der Waals surface area (Å²) in [6.07, 6.45) is 4.81. The highest BCUT2D eigenvalue weighted by atomic mass is 19.3. The number of carbonyl (C=O) groups excluding carboxylic acids is 2. The molecule has 0 aromatic carbocycles. The van der Waals surface area contributed by atoms with Crippen LogP contribution < -0.4 is 5.32 Å². The van der Waals surface area contributed by atoms with Crippen molar-refractivity contribution < 1.29 is 27.5 Å². The van der Waals surface area contributed by atoms with Crippen LogP contribution in [0.25, 0.3) is 0 Å². The van der Waals surface area contributed by atoms with Crippen LogP contribution in [-0.2, 0) is 9.53 Å². The van der Waals surface area contributed by atoms with Gasteiger partial charge in [0.1, 0.15) is 18.0 Å². The van der Waals surface area contributed by atoms with E-state index in [-0.39, 0.29) is 42.6 Å². The summed E-state index contributed by atoms with van der Waals surface area (Å²) in [5.41, 5.74) is 0.812. The zero-order valence-corrected chi connectivity index (χ0v) is 19.5. The Morgan fingerprint density at radius 2 is 1.94 bits per heavy atom. The largest absolute Gasteiger partial charge is 0.448 e. The molecule has 0 spiro atoms. The highest BCUT2D eigenvalue weighted by Gasteiger charge is 2.49. The van der Waals surface area contributed by atoms with E-state index in [0.29, 0.717) is 37.5 Å². The first-order valence-corrected chi connectivity index (χ1v) is 11.7. The summed E-state index contributed by atoms with van der Waals surface area (Å²) < 4.78 is 37.4. The van der Waals surface area contributed by atoms with E-state index in [4.69, 9.17) is 9.15 Å². The number of piperidine rings is 1. The van der Waals surface area contributed by atoms with Crippen LogP contribution in [0.1, 0.15) is 69.9 Å². The Kier molecular flexibility index (Phi) is 5.40. The van der Waals surface area contributed by atoms with Gasteiger partial charge in [0.05, 0.1) is 11.6 Å². The molecule has 2 atom stereocenters. The maximum Gasteiger partial charge on any atom is 0.410 e. The quantitative estimate of drug-likeness (QED) is 0.715. The van der Waals surface area contributed by atoms with Crippen molar-refractivity contribution in [3.05, 3.63) is 29.6 Å². The van der Waals surface area contributed by atoms with E-state index in [2.05, 4.69) is 15.4 Å². The molecule has 4 aliphatic rings. The van der Waals surface area contributed by atoms with Crippen LogP contribution in [-0.4, -0.2) is 63.9 Å². The number of aromatic nitrogens is 1. The Morgan fingerprint density at radius 3 is 2.59 bits per heavy atom. The van der Waals surface area contributed by atoms with Crippen molar-refractivity contribution in [2.24, 2.45) is 11.0 Å². The average molecular weight is 478 g/mol. The van der Waals surface area contributed by atoms with Crippen molar-refractivity contribution >= 4 is 18.2 Å². The van der Waals surface area contributed by atoms with E-state index in [1.165, 1.54) is 6.26 Å². The number of hydrogen-bond acceptors (Lipinski definition) is 7. The molecule has 2 unspecified atom stereocenters. The van der Waals surface area contributed by atoms with Crippen LogP contribution in [0.2, 0.25) is 0 Å². The Balaban J connectivity index is 1.24. The van der Waals surface area contributed by atoms with Gasteiger partial charge in [0.15, 0.2) is 5.89 Å². The standard InChI is InChI=1S/C23H29F2N5O4/c1-22(2,3)34-21(32)29-6-4-13(5-7-29)17-8-18(31)28-19-15(11-26-30(17)19)16-12-33-20(27-16)14-9-23(24,25)10-14/h8,11-15,19H,4-7,9-10H2,1-3H3,(H,28,31). The number of likely N-dealkylation sites (tertiary alicyclic amines) is 1. The molecule has 1 saturated heterocycles. The Bertz CT molecular complexity index is 1030. The molecule has 0 radical (unpaired) electrons. The normalized spacial score (nSPS) is 27.2. The first-order chi connectivity index (χ1) is 16.0. The monoisotopic (exact) mass is 477 g/mol. The average Bonchev–Trinajstić information content (AvgIpc) is 3.37. The van der Waals surface area contributed by atoms with Gasteiger partial charge in [-0.2, -0.15) is 5.10 Å². The third-order valence-corrected chi connectivity index (χ3v) is 6.67. The van der Waals surface area contributed by atoms with E-state index in [1.54, 1.807) is 22.2 Å². The number of oxazole rings is 1. The van der Waals surface area contributed by atoms with Gasteiger partial charge in [0, 0.05) is 55.8 Å². The lowest BCUT2D eigenvalue weighted by Crippen LogP contribution is -2.51. The van der Waals surface area contributed by atoms with Gasteiger partial charge in [-0.15, -0.1) is 0 Å². The van der Waals surface area contributed by atoms with E-state index in [9.17, 15) is 18.4 Å². The predicted octanol–water partition coefficient (Wildman–Crippen LogP) is 3.56. The summed E-state index contributed by atoms with van der Waals surface area (Å²) in [7, 11) is 0. The number of alkyl halides is 2. The van der Waals surface area contributed by atoms with E-state index < -0.39 is 17.7 Å². The van der Waals surface area contributed by atoms with Gasteiger partial charge >= 0.3 is 6.09 Å². The summed E-state index contributed by atoms with van der Waals surface area (Å²) in [4.78, 5) is 31.0. The van der Waals surface area contributed by atoms with E-state index in [1.807, 2.05) is 20.8 Å². The highest BCUT2D eigenvalue weighted by molar-refractivity contribution is 5.90. The zero-order chi connectivity index (χ0) is 24.3. The maximum absolute atomic E-state index is 13.2. The number of allylic oxidation sites excluding steroid dienone is 1. The minimum atomic E-state index is -2.65. The minimum absolute atomic E-state index is 0.0632. The Labute approximate surface area is 196 Å². The molecule has 1 aromatic rings. The molecule has 9 nitrogen and oxygen atoms in total. The van der Waals surface area contributed by atoms with Crippen molar-refractivity contribution in [3.63, 3.8) is 0 Å². The number of rotatable bonds is 3. The number of hydrazone groups is 1. The summed E-state index contributed by atoms with van der Waals surface area (Å²) in [6, 6.07) is 0. The first kappa shape index (κ1) is 22.8. The number of nitrogens with one attached hydrogen (secondary N) is 1. The van der Waals surface area contributed by atoms with Crippen LogP contribution in [0.15, 0.2) is 27.6 Å². The lowest BCUT2D eigenvalue weighted by molar-refractivity contribution is -0.119. The molecule has 1 aromatic heterocycles. The molecule has 3 aliphatic heterocycles. The molecule has 0 bridgehead atoms. The number of fused-ring (bicyclic) bond motifs is 1. The number of nitrogens with zero attached hydrogens (tertiary/aromatic N) is 4. The van der Waals surface area contributed by atoms with Gasteiger partial charge < -0.3 is 19.4 Å². The van der Waals surface area contributed by atoms with Crippen LogP contribution in [0.4, 0.5) is 13.6 Å². The Hall–Kier alpha value is -2.98. The van der Waals surface area contributed by atoms with Gasteiger partial charge in [-0.25, -0.2) is 23.6 Å². The third-order valence-electron chi connectivity index (χ3n) is 6.67. The van der Waals surface area contributed by atoms with E-state index in [0.717, 1.165) is 5.70 Å². The third kappa shape index (κ3) is 4.39. The fourth-order valence-corrected chi connectivity index (χ4v) is 4.92. The van der Waals surface area contributed by atoms with Gasteiger partial charge in [-0.1, -0.05) is 0 Å². The molecular weight excluding hydrogens is 448 g/mol. The molecule has 1 aliphatic carbocycles. The fourth-order valence-electron chi connectivity index (χ4n) is 4.92. The minimum Gasteiger partial charge on any atom is -0.448 e. The molecule has 184 valence electrons. The van der Waals surface area contributed by atoms with Gasteiger partial charge in [0.25, 0.3) is 0 Å². The zero-order valence-electron chi connectivity index (χ0n) is 19.5. The number of carbonyl (C=O) groups is 2. The van der Waals surface area contributed by atoms with Crippen LogP contribution in [0.5, 0.6) is 0 Å². The van der Waals surface area contributed by atoms with Crippen LogP contribution in [0.3, 0.4) is 0 Å². The van der Waals surface area contributed by atoms with Gasteiger partial charge in [0.2, 0.25) is 11.8 Å². The topological polar surface area (TPSA) is 100 Å². The Morgan fingerprint density at radius 1 is 1.24 bits per heavy atom. The molecule has 2 fully saturated rings. The van der Waals surface area contributed by atoms with Crippen molar-refractivity contribution in [2.45, 2.75) is 76.0 Å². The summed E-state index contributed by atoms with van der Waals surface area (Å²) in [5.74, 6) is -3.24. The van der Waals surface area contributed by atoms with E-state index >= 15 is 0 Å². The molecule has 1 saturated carbocycles. The van der Waals surface area contributed by atoms with Crippen molar-refractivity contribution in [3.8, 4) is 0 Å². The fraction of sp³-hybridized carbons (Fsp3) is 0.652. The van der Waals surface area contributed by atoms with Crippen molar-refractivity contribution in [1.29, 1.82) is 0 Å². The molecule has 11 heteroatoms. The summed E-state index contributed by atoms with van der Waals surface area (Å²) in [6.45, 7) is 6.57. The van der Waals surface area contributed by atoms with Crippen LogP contribution in [0, 0.1) is 5.92 Å².